The van der Waals surface area contributed by atoms with E-state index in [0.29, 0.717) is 25.3 Å². The van der Waals surface area contributed by atoms with Crippen LogP contribution in [0.1, 0.15) is 13.8 Å². The molecule has 0 atom stereocenters. The third kappa shape index (κ3) is 5.24. The summed E-state index contributed by atoms with van der Waals surface area (Å²) in [6.07, 6.45) is 0. The molecular weight excluding hydrogens is 340 g/mol. The fraction of sp³-hybridized carbons (Fsp3) is 0.588. The second-order valence-corrected chi connectivity index (χ2v) is 8.49. The number of hydrogen-bond acceptors (Lipinski definition) is 3. The minimum absolute atomic E-state index is 0.0769. The quantitative estimate of drug-likeness (QED) is 0.523. The minimum atomic E-state index is -3.52. The van der Waals surface area contributed by atoms with Gasteiger partial charge in [-0.05, 0) is 18.2 Å². The van der Waals surface area contributed by atoms with E-state index in [1.165, 1.54) is 20.2 Å². The summed E-state index contributed by atoms with van der Waals surface area (Å²) in [5.41, 5.74) is 0.525. The van der Waals surface area contributed by atoms with E-state index in [0.717, 1.165) is 26.2 Å². The fourth-order valence-corrected chi connectivity index (χ4v) is 4.59. The smallest absolute Gasteiger partial charge is 0.279 e. The molecule has 1 aromatic carbocycles. The largest absolute Gasteiger partial charge is 0.328 e. The van der Waals surface area contributed by atoms with Gasteiger partial charge in [-0.25, -0.2) is 8.42 Å². The van der Waals surface area contributed by atoms with Gasteiger partial charge in [0.1, 0.15) is 26.2 Å². The number of rotatable bonds is 7. The van der Waals surface area contributed by atoms with Crippen LogP contribution in [0.2, 0.25) is 0 Å². The topological polar surface area (TPSA) is 75.4 Å². The van der Waals surface area contributed by atoms with Gasteiger partial charge in [0.2, 0.25) is 10.0 Å². The molecule has 140 valence electrons. The van der Waals surface area contributed by atoms with E-state index in [2.05, 4.69) is 12.4 Å². The van der Waals surface area contributed by atoms with Gasteiger partial charge in [-0.3, -0.25) is 4.79 Å². The summed E-state index contributed by atoms with van der Waals surface area (Å²) in [6.45, 7) is 8.99. The molecule has 1 aromatic rings. The molecule has 0 radical (unpaired) electrons. The number of carbonyl (C=O) groups excluding carboxylic acids is 1. The maximum atomic E-state index is 12.6. The number of nitrogens with one attached hydrogen (secondary N) is 3. The zero-order valence-electron chi connectivity index (χ0n) is 15.3. The lowest BCUT2D eigenvalue weighted by Crippen LogP contribution is -3.27. The Balaban J connectivity index is 2.02. The van der Waals surface area contributed by atoms with Crippen LogP contribution in [0.25, 0.3) is 0 Å². The summed E-state index contributed by atoms with van der Waals surface area (Å²) in [5.74, 6) is -0.0769. The Morgan fingerprint density at radius 2 is 1.80 bits per heavy atom. The lowest BCUT2D eigenvalue weighted by atomic mass is 10.3. The van der Waals surface area contributed by atoms with E-state index in [9.17, 15) is 13.2 Å². The van der Waals surface area contributed by atoms with Crippen LogP contribution < -0.4 is 15.1 Å². The molecule has 0 unspecified atom stereocenters. The van der Waals surface area contributed by atoms with Gasteiger partial charge in [0, 0.05) is 18.8 Å². The Labute approximate surface area is 150 Å². The van der Waals surface area contributed by atoms with Crippen molar-refractivity contribution < 1.29 is 23.0 Å². The Morgan fingerprint density at radius 1 is 1.16 bits per heavy atom. The first-order valence-corrected chi connectivity index (χ1v) is 10.4. The van der Waals surface area contributed by atoms with E-state index in [4.69, 9.17) is 0 Å². The maximum Gasteiger partial charge on any atom is 0.279 e. The van der Waals surface area contributed by atoms with Gasteiger partial charge in [0.15, 0.2) is 6.54 Å². The number of carbonyl (C=O) groups is 1. The van der Waals surface area contributed by atoms with E-state index in [-0.39, 0.29) is 10.8 Å². The lowest BCUT2D eigenvalue weighted by Gasteiger charge is -2.26. The lowest BCUT2D eigenvalue weighted by molar-refractivity contribution is -0.999. The average Bonchev–Trinajstić information content (AvgIpc) is 2.58. The van der Waals surface area contributed by atoms with Crippen molar-refractivity contribution in [3.63, 3.8) is 0 Å². The molecule has 7 nitrogen and oxygen atoms in total. The first-order chi connectivity index (χ1) is 11.9. The van der Waals surface area contributed by atoms with Crippen molar-refractivity contribution in [1.29, 1.82) is 0 Å². The van der Waals surface area contributed by atoms with Crippen LogP contribution in [0.5, 0.6) is 0 Å². The van der Waals surface area contributed by atoms with Gasteiger partial charge in [0.25, 0.3) is 5.91 Å². The third-order valence-corrected chi connectivity index (χ3v) is 6.73. The molecule has 1 aliphatic rings. The van der Waals surface area contributed by atoms with Gasteiger partial charge >= 0.3 is 0 Å². The zero-order chi connectivity index (χ0) is 18.4. The second kappa shape index (κ2) is 8.75. The van der Waals surface area contributed by atoms with Crippen LogP contribution in [0, 0.1) is 0 Å². The molecule has 0 aliphatic carbocycles. The molecular formula is C17H30N4O3S+2. The third-order valence-electron chi connectivity index (χ3n) is 4.68. The number of hydrogen-bond donors (Lipinski definition) is 3. The number of quaternary nitrogens is 2. The number of amides is 1. The highest BCUT2D eigenvalue weighted by Crippen LogP contribution is 2.19. The molecule has 0 spiro atoms. The normalized spacial score (nSPS) is 21.3. The minimum Gasteiger partial charge on any atom is -0.328 e. The Bertz CT molecular complexity index is 681. The average molecular weight is 371 g/mol. The van der Waals surface area contributed by atoms with Crippen LogP contribution in [0.4, 0.5) is 5.69 Å². The van der Waals surface area contributed by atoms with Crippen molar-refractivity contribution in [3.05, 3.63) is 24.3 Å². The van der Waals surface area contributed by atoms with Crippen molar-refractivity contribution in [1.82, 2.24) is 4.31 Å². The van der Waals surface area contributed by atoms with Crippen molar-refractivity contribution >= 4 is 21.6 Å². The number of benzene rings is 1. The molecule has 25 heavy (non-hydrogen) atoms. The van der Waals surface area contributed by atoms with Crippen LogP contribution in [-0.2, 0) is 14.8 Å². The highest BCUT2D eigenvalue weighted by molar-refractivity contribution is 7.89. The summed E-state index contributed by atoms with van der Waals surface area (Å²) >= 11 is 0. The van der Waals surface area contributed by atoms with E-state index >= 15 is 0 Å². The van der Waals surface area contributed by atoms with Gasteiger partial charge < -0.3 is 15.1 Å². The zero-order valence-corrected chi connectivity index (χ0v) is 16.2. The van der Waals surface area contributed by atoms with E-state index in [1.54, 1.807) is 18.2 Å². The van der Waals surface area contributed by atoms with Crippen molar-refractivity contribution in [2.24, 2.45) is 0 Å². The molecule has 1 aliphatic heterocycles. The monoisotopic (exact) mass is 370 g/mol. The summed E-state index contributed by atoms with van der Waals surface area (Å²) in [4.78, 5) is 15.3. The fourth-order valence-electron chi connectivity index (χ4n) is 3.09. The molecule has 1 amide bonds. The molecule has 0 saturated carbocycles. The highest BCUT2D eigenvalue weighted by Gasteiger charge is 2.24. The van der Waals surface area contributed by atoms with Crippen molar-refractivity contribution in [2.45, 2.75) is 18.7 Å². The van der Waals surface area contributed by atoms with Crippen LogP contribution in [0.3, 0.4) is 0 Å². The molecule has 3 N–H and O–H groups in total. The maximum absolute atomic E-state index is 12.6. The van der Waals surface area contributed by atoms with E-state index in [1.807, 2.05) is 13.8 Å². The van der Waals surface area contributed by atoms with Gasteiger partial charge in [-0.2, -0.15) is 4.31 Å². The van der Waals surface area contributed by atoms with Crippen molar-refractivity contribution in [3.8, 4) is 0 Å². The predicted molar refractivity (Wildman–Crippen MR) is 97.4 cm³/mol. The van der Waals surface area contributed by atoms with Gasteiger partial charge in [-0.15, -0.1) is 0 Å². The molecule has 2 rings (SSSR count). The SMILES string of the molecule is CCN(CC)S(=O)(=O)c1cccc(NC(=O)C[NH+]2CC[NH+](C)CC2)c1. The first kappa shape index (κ1) is 19.8. The molecule has 0 aromatic heterocycles. The summed E-state index contributed by atoms with van der Waals surface area (Å²) in [7, 11) is -1.35. The number of anilines is 1. The summed E-state index contributed by atoms with van der Waals surface area (Å²) < 4.78 is 26.6. The summed E-state index contributed by atoms with van der Waals surface area (Å²) in [6, 6.07) is 6.49. The molecule has 1 fully saturated rings. The summed E-state index contributed by atoms with van der Waals surface area (Å²) in [5, 5.41) is 2.84. The standard InChI is InChI=1S/C17H28N4O3S/c1-4-21(5-2)25(23,24)16-8-6-7-15(13-16)18-17(22)14-20-11-9-19(3)10-12-20/h6-8,13H,4-5,9-12,14H2,1-3H3,(H,18,22)/p+2. The van der Waals surface area contributed by atoms with Gasteiger partial charge in [-0.1, -0.05) is 19.9 Å². The first-order valence-electron chi connectivity index (χ1n) is 8.91. The number of piperazine rings is 1. The Hall–Kier alpha value is -1.48. The number of nitrogens with zero attached hydrogens (tertiary/aromatic N) is 1. The molecule has 0 bridgehead atoms. The Kier molecular flexibility index (Phi) is 6.95. The predicted octanol–water partition coefficient (Wildman–Crippen LogP) is -1.93. The highest BCUT2D eigenvalue weighted by atomic mass is 32.2. The number of likely N-dealkylation sites (N-methyl/N-ethyl adjacent to an activating group) is 1. The Morgan fingerprint density at radius 3 is 2.40 bits per heavy atom. The van der Waals surface area contributed by atoms with Crippen LogP contribution in [-0.4, -0.2) is 71.5 Å². The van der Waals surface area contributed by atoms with E-state index < -0.39 is 10.0 Å². The second-order valence-electron chi connectivity index (χ2n) is 6.55. The molecule has 1 saturated heterocycles. The van der Waals surface area contributed by atoms with Gasteiger partial charge in [0.05, 0.1) is 11.9 Å². The molecule has 1 heterocycles. The van der Waals surface area contributed by atoms with Crippen LogP contribution in [0.15, 0.2) is 29.2 Å². The number of sulfonamides is 1. The van der Waals surface area contributed by atoms with Crippen LogP contribution >= 0.6 is 0 Å². The van der Waals surface area contributed by atoms with Crippen molar-refractivity contribution in [2.75, 3.05) is 58.2 Å². The molecule has 8 heteroatoms.